The van der Waals surface area contributed by atoms with Gasteiger partial charge >= 0.3 is 0 Å². The Hall–Kier alpha value is -2.99. The lowest BCUT2D eigenvalue weighted by Crippen LogP contribution is -1.90. The second kappa shape index (κ2) is 4.94. The molecule has 0 radical (unpaired) electrons. The Morgan fingerprint density at radius 2 is 1.70 bits per heavy atom. The maximum atomic E-state index is 9.15. The van der Waals surface area contributed by atoms with Gasteiger partial charge in [-0.3, -0.25) is 0 Å². The predicted molar refractivity (Wildman–Crippen MR) is 79.6 cm³/mol. The van der Waals surface area contributed by atoms with Crippen LogP contribution < -0.4 is 10.5 Å². The Labute approximate surface area is 116 Å². The summed E-state index contributed by atoms with van der Waals surface area (Å²) in [6.45, 7) is 0. The summed E-state index contributed by atoms with van der Waals surface area (Å²) < 4.78 is 5.88. The Morgan fingerprint density at radius 3 is 2.45 bits per heavy atom. The Kier molecular flexibility index (Phi) is 2.98. The zero-order valence-corrected chi connectivity index (χ0v) is 10.7. The highest BCUT2D eigenvalue weighted by molar-refractivity contribution is 5.92. The number of hydrogen-bond donors (Lipinski definition) is 1. The summed E-state index contributed by atoms with van der Waals surface area (Å²) in [6.07, 6.45) is 0. The molecule has 20 heavy (non-hydrogen) atoms. The number of anilines is 1. The van der Waals surface area contributed by atoms with E-state index in [9.17, 15) is 0 Å². The van der Waals surface area contributed by atoms with E-state index in [-0.39, 0.29) is 0 Å². The van der Waals surface area contributed by atoms with Gasteiger partial charge in [0.05, 0.1) is 11.6 Å². The topological polar surface area (TPSA) is 59.0 Å². The van der Waals surface area contributed by atoms with E-state index in [0.29, 0.717) is 22.7 Å². The monoisotopic (exact) mass is 260 g/mol. The number of ether oxygens (including phenoxy) is 1. The van der Waals surface area contributed by atoms with Gasteiger partial charge in [0.15, 0.2) is 0 Å². The maximum absolute atomic E-state index is 9.15. The molecule has 2 N–H and O–H groups in total. The van der Waals surface area contributed by atoms with Gasteiger partial charge in [-0.05, 0) is 24.3 Å². The highest BCUT2D eigenvalue weighted by atomic mass is 16.5. The highest BCUT2D eigenvalue weighted by Gasteiger charge is 2.07. The van der Waals surface area contributed by atoms with Crippen molar-refractivity contribution in [2.75, 3.05) is 5.73 Å². The van der Waals surface area contributed by atoms with E-state index in [4.69, 9.17) is 15.7 Å². The summed E-state index contributed by atoms with van der Waals surface area (Å²) in [6, 6.07) is 20.7. The molecule has 0 fully saturated rings. The van der Waals surface area contributed by atoms with Gasteiger partial charge in [0.25, 0.3) is 0 Å². The number of nitrogens with two attached hydrogens (primary N) is 1. The Morgan fingerprint density at radius 1 is 0.900 bits per heavy atom. The molecule has 0 aliphatic heterocycles. The van der Waals surface area contributed by atoms with E-state index in [0.717, 1.165) is 10.8 Å². The van der Waals surface area contributed by atoms with Crippen LogP contribution in [0.5, 0.6) is 11.5 Å². The van der Waals surface area contributed by atoms with E-state index in [1.54, 1.807) is 12.1 Å². The summed E-state index contributed by atoms with van der Waals surface area (Å²) in [5, 5.41) is 10.9. The fourth-order valence-corrected chi connectivity index (χ4v) is 2.16. The summed E-state index contributed by atoms with van der Waals surface area (Å²) in [5.41, 5.74) is 7.04. The highest BCUT2D eigenvalue weighted by Crippen LogP contribution is 2.32. The van der Waals surface area contributed by atoms with Crippen molar-refractivity contribution in [3.05, 3.63) is 66.2 Å². The van der Waals surface area contributed by atoms with Gasteiger partial charge in [-0.1, -0.05) is 30.3 Å². The molecule has 0 amide bonds. The lowest BCUT2D eigenvalue weighted by Gasteiger charge is -2.10. The third kappa shape index (κ3) is 2.15. The maximum Gasteiger partial charge on any atom is 0.135 e. The molecule has 0 saturated carbocycles. The second-order valence-corrected chi connectivity index (χ2v) is 4.44. The third-order valence-corrected chi connectivity index (χ3v) is 3.09. The summed E-state index contributed by atoms with van der Waals surface area (Å²) >= 11 is 0. The fourth-order valence-electron chi connectivity index (χ4n) is 2.16. The molecule has 3 rings (SSSR count). The standard InChI is InChI=1S/C17H12N2O/c18-11-12-8-9-17(16-7-2-1-6-15(12)16)20-14-5-3-4-13(19)10-14/h1-10H,19H2. The molecule has 0 heterocycles. The van der Waals surface area contributed by atoms with Crippen LogP contribution in [0.25, 0.3) is 10.8 Å². The number of benzene rings is 3. The first kappa shape index (κ1) is 12.1. The average molecular weight is 260 g/mol. The van der Waals surface area contributed by atoms with Gasteiger partial charge in [-0.2, -0.15) is 5.26 Å². The zero-order valence-electron chi connectivity index (χ0n) is 10.7. The average Bonchev–Trinajstić information content (AvgIpc) is 2.48. The van der Waals surface area contributed by atoms with Gasteiger partial charge in [0.2, 0.25) is 0 Å². The number of nitriles is 1. The van der Waals surface area contributed by atoms with E-state index < -0.39 is 0 Å². The van der Waals surface area contributed by atoms with Crippen LogP contribution in [0.3, 0.4) is 0 Å². The quantitative estimate of drug-likeness (QED) is 0.706. The summed E-state index contributed by atoms with van der Waals surface area (Å²) in [4.78, 5) is 0. The van der Waals surface area contributed by atoms with Gasteiger partial charge < -0.3 is 10.5 Å². The SMILES string of the molecule is N#Cc1ccc(Oc2cccc(N)c2)c2ccccc12. The molecule has 3 aromatic carbocycles. The summed E-state index contributed by atoms with van der Waals surface area (Å²) in [5.74, 6) is 1.39. The van der Waals surface area contributed by atoms with Crippen molar-refractivity contribution in [2.45, 2.75) is 0 Å². The van der Waals surface area contributed by atoms with Crippen molar-refractivity contribution in [2.24, 2.45) is 0 Å². The molecule has 3 heteroatoms. The molecule has 3 aromatic rings. The molecule has 0 aliphatic carbocycles. The van der Waals surface area contributed by atoms with Crippen molar-refractivity contribution in [3.8, 4) is 17.6 Å². The number of nitrogen functional groups attached to an aromatic ring is 1. The van der Waals surface area contributed by atoms with Crippen molar-refractivity contribution >= 4 is 16.5 Å². The largest absolute Gasteiger partial charge is 0.457 e. The van der Waals surface area contributed by atoms with Crippen LogP contribution in [0.2, 0.25) is 0 Å². The lowest BCUT2D eigenvalue weighted by atomic mass is 10.0. The first-order valence-electron chi connectivity index (χ1n) is 6.23. The van der Waals surface area contributed by atoms with Crippen LogP contribution >= 0.6 is 0 Å². The minimum Gasteiger partial charge on any atom is -0.457 e. The van der Waals surface area contributed by atoms with Gasteiger partial charge in [-0.15, -0.1) is 0 Å². The Bertz CT molecular complexity index is 819. The molecule has 96 valence electrons. The van der Waals surface area contributed by atoms with Crippen molar-refractivity contribution < 1.29 is 4.74 Å². The zero-order chi connectivity index (χ0) is 13.9. The van der Waals surface area contributed by atoms with E-state index in [2.05, 4.69) is 6.07 Å². The van der Waals surface area contributed by atoms with Gasteiger partial charge in [-0.25, -0.2) is 0 Å². The van der Waals surface area contributed by atoms with Crippen LogP contribution in [0.1, 0.15) is 5.56 Å². The van der Waals surface area contributed by atoms with Crippen LogP contribution in [0.15, 0.2) is 60.7 Å². The number of fused-ring (bicyclic) bond motifs is 1. The first-order valence-corrected chi connectivity index (χ1v) is 6.23. The number of rotatable bonds is 2. The minimum atomic E-state index is 0.639. The third-order valence-electron chi connectivity index (χ3n) is 3.09. The van der Waals surface area contributed by atoms with E-state index in [1.165, 1.54) is 0 Å². The molecule has 0 atom stereocenters. The van der Waals surface area contributed by atoms with Crippen LogP contribution in [-0.2, 0) is 0 Å². The molecule has 3 nitrogen and oxygen atoms in total. The number of hydrogen-bond acceptors (Lipinski definition) is 3. The van der Waals surface area contributed by atoms with Crippen molar-refractivity contribution in [1.82, 2.24) is 0 Å². The van der Waals surface area contributed by atoms with Crippen LogP contribution in [0.4, 0.5) is 5.69 Å². The molecular formula is C17H12N2O. The van der Waals surface area contributed by atoms with Gasteiger partial charge in [0.1, 0.15) is 11.5 Å². The second-order valence-electron chi connectivity index (χ2n) is 4.44. The lowest BCUT2D eigenvalue weighted by molar-refractivity contribution is 0.488. The molecule has 0 bridgehead atoms. The molecule has 0 unspecified atom stereocenters. The van der Waals surface area contributed by atoms with E-state index >= 15 is 0 Å². The van der Waals surface area contributed by atoms with Gasteiger partial charge in [0, 0.05) is 22.5 Å². The fraction of sp³-hybridized carbons (Fsp3) is 0. The molecule has 0 spiro atoms. The molecule has 0 aromatic heterocycles. The predicted octanol–water partition coefficient (Wildman–Crippen LogP) is 4.09. The van der Waals surface area contributed by atoms with Crippen LogP contribution in [0, 0.1) is 11.3 Å². The van der Waals surface area contributed by atoms with E-state index in [1.807, 2.05) is 48.5 Å². The smallest absolute Gasteiger partial charge is 0.135 e. The molecule has 0 aliphatic rings. The minimum absolute atomic E-state index is 0.639. The van der Waals surface area contributed by atoms with Crippen LogP contribution in [-0.4, -0.2) is 0 Å². The molecular weight excluding hydrogens is 248 g/mol. The van der Waals surface area contributed by atoms with Crippen molar-refractivity contribution in [1.29, 1.82) is 5.26 Å². The summed E-state index contributed by atoms with van der Waals surface area (Å²) in [7, 11) is 0. The molecule has 0 saturated heterocycles. The Balaban J connectivity index is 2.11. The normalized spacial score (nSPS) is 10.2. The first-order chi connectivity index (χ1) is 9.78. The van der Waals surface area contributed by atoms with Crippen molar-refractivity contribution in [3.63, 3.8) is 0 Å². The number of nitrogens with zero attached hydrogens (tertiary/aromatic N) is 1.